The Morgan fingerprint density at radius 2 is 1.77 bits per heavy atom. The Kier molecular flexibility index (Phi) is 10.2. The number of benzene rings is 2. The average molecular weight is 559 g/mol. The number of fused-ring (bicyclic) bond motifs is 1. The Balaban J connectivity index is 1.57. The van der Waals surface area contributed by atoms with Crippen LogP contribution in [0.25, 0.3) is 22.3 Å². The fourth-order valence-corrected chi connectivity index (χ4v) is 3.92. The van der Waals surface area contributed by atoms with Crippen LogP contribution in [0.4, 0.5) is 0 Å². The first-order chi connectivity index (χ1) is 19.1. The molecule has 3 rings (SSSR count). The number of aryl methyl sites for hydroxylation is 2. The predicted molar refractivity (Wildman–Crippen MR) is 142 cm³/mol. The van der Waals surface area contributed by atoms with Gasteiger partial charge < -0.3 is 34.1 Å². The van der Waals surface area contributed by atoms with Gasteiger partial charge in [-0.2, -0.15) is 0 Å². The van der Waals surface area contributed by atoms with Crippen LogP contribution >= 0.6 is 0 Å². The van der Waals surface area contributed by atoms with Gasteiger partial charge in [-0.05, 0) is 43.5 Å². The lowest BCUT2D eigenvalue weighted by Crippen LogP contribution is -2.31. The molecule has 0 fully saturated rings. The molecule has 0 aliphatic heterocycles. The molecule has 2 aromatic carbocycles. The first-order valence-electron chi connectivity index (χ1n) is 12.2. The van der Waals surface area contributed by atoms with Gasteiger partial charge in [-0.25, -0.2) is 4.98 Å². The summed E-state index contributed by atoms with van der Waals surface area (Å²) in [4.78, 5) is 57.9. The zero-order valence-electron chi connectivity index (χ0n) is 22.5. The summed E-state index contributed by atoms with van der Waals surface area (Å²) >= 11 is 0. The van der Waals surface area contributed by atoms with Crippen LogP contribution < -0.4 is 25.1 Å². The van der Waals surface area contributed by atoms with E-state index in [9.17, 15) is 24.5 Å². The second-order valence-electron chi connectivity index (χ2n) is 8.58. The predicted octanol–water partition coefficient (Wildman–Crippen LogP) is 2.25. The minimum Gasteiger partial charge on any atom is -0.497 e. The number of carbonyl (C=O) groups is 2. The number of nitrogens with one attached hydrogen (secondary N) is 2. The third kappa shape index (κ3) is 7.82. The smallest absolute Gasteiger partial charge is 0.325 e. The molecule has 214 valence electrons. The molecule has 14 nitrogen and oxygen atoms in total. The normalized spacial score (nSPS) is 10.6. The van der Waals surface area contributed by atoms with Crippen LogP contribution in [-0.2, 0) is 19.2 Å². The number of rotatable bonds is 14. The van der Waals surface area contributed by atoms with E-state index in [1.165, 1.54) is 14.2 Å². The van der Waals surface area contributed by atoms with E-state index in [-0.39, 0.29) is 44.8 Å². The monoisotopic (exact) mass is 558 g/mol. The first-order valence-corrected chi connectivity index (χ1v) is 12.2. The fraction of sp³-hybridized carbons (Fsp3) is 0.385. The number of esters is 1. The van der Waals surface area contributed by atoms with Gasteiger partial charge in [0.15, 0.2) is 0 Å². The van der Waals surface area contributed by atoms with E-state index in [4.69, 9.17) is 18.9 Å². The minimum absolute atomic E-state index is 0.0240. The number of aromatic amines is 1. The van der Waals surface area contributed by atoms with Crippen molar-refractivity contribution in [3.63, 3.8) is 0 Å². The maximum absolute atomic E-state index is 12.9. The van der Waals surface area contributed by atoms with E-state index in [1.54, 1.807) is 12.1 Å². The summed E-state index contributed by atoms with van der Waals surface area (Å²) in [6.07, 6.45) is 0.119. The van der Waals surface area contributed by atoms with Crippen LogP contribution in [0.15, 0.2) is 29.1 Å². The topological polar surface area (TPSA) is 181 Å². The molecule has 0 atom stereocenters. The lowest BCUT2D eigenvalue weighted by Gasteiger charge is -2.15. The Hall–Kier alpha value is -4.88. The molecule has 1 heterocycles. The zero-order valence-corrected chi connectivity index (χ0v) is 22.5. The highest BCUT2D eigenvalue weighted by molar-refractivity contribution is 5.87. The number of aromatic nitrogens is 2. The van der Waals surface area contributed by atoms with Gasteiger partial charge in [0.25, 0.3) is 10.6 Å². The van der Waals surface area contributed by atoms with Gasteiger partial charge in [-0.3, -0.25) is 14.4 Å². The van der Waals surface area contributed by atoms with Gasteiger partial charge in [0.1, 0.15) is 48.2 Å². The van der Waals surface area contributed by atoms with Crippen LogP contribution in [0.3, 0.4) is 0 Å². The number of methoxy groups -OCH3 is 2. The van der Waals surface area contributed by atoms with E-state index >= 15 is 0 Å². The van der Waals surface area contributed by atoms with Gasteiger partial charge in [0, 0.05) is 24.1 Å². The van der Waals surface area contributed by atoms with Crippen molar-refractivity contribution in [3.8, 4) is 28.6 Å². The SMILES string of the molecule is COc1cc(OC)c2c(=O)[nH]c(-c3cc(C)c(OCCOC(=O)CNC(=O)CCCO[N+](=O)[O-])c(C)c3)nc2c1. The summed E-state index contributed by atoms with van der Waals surface area (Å²) < 4.78 is 21.5. The van der Waals surface area contributed by atoms with Gasteiger partial charge in [-0.15, -0.1) is 10.1 Å². The Morgan fingerprint density at radius 1 is 1.05 bits per heavy atom. The Labute approximate surface area is 228 Å². The molecule has 1 aromatic heterocycles. The third-order valence-corrected chi connectivity index (χ3v) is 5.70. The van der Waals surface area contributed by atoms with Gasteiger partial charge in [0.05, 0.1) is 26.3 Å². The van der Waals surface area contributed by atoms with E-state index < -0.39 is 17.0 Å². The quantitative estimate of drug-likeness (QED) is 0.128. The molecule has 0 unspecified atom stereocenters. The number of hydrogen-bond acceptors (Lipinski definition) is 11. The molecule has 14 heteroatoms. The summed E-state index contributed by atoms with van der Waals surface area (Å²) in [5, 5.41) is 11.8. The maximum Gasteiger partial charge on any atom is 0.325 e. The zero-order chi connectivity index (χ0) is 29.2. The largest absolute Gasteiger partial charge is 0.497 e. The van der Waals surface area contributed by atoms with Crippen molar-refractivity contribution in [1.82, 2.24) is 15.3 Å². The number of H-pyrrole nitrogens is 1. The van der Waals surface area contributed by atoms with Crippen molar-refractivity contribution < 1.29 is 38.5 Å². The highest BCUT2D eigenvalue weighted by atomic mass is 16.9. The standard InChI is InChI=1S/C26H30N4O10/c1-15-10-17(25-28-19-12-18(36-3)13-20(37-4)23(19)26(33)29-25)11-16(2)24(15)39-9-8-38-22(32)14-27-21(31)6-5-7-40-30(34)35/h10-13H,5-9,14H2,1-4H3,(H,27,31)(H,28,29,33). The summed E-state index contributed by atoms with van der Waals surface area (Å²) in [6, 6.07) is 6.92. The van der Waals surface area contributed by atoms with Crippen LogP contribution in [0, 0.1) is 24.0 Å². The van der Waals surface area contributed by atoms with Crippen molar-refractivity contribution in [2.45, 2.75) is 26.7 Å². The fourth-order valence-electron chi connectivity index (χ4n) is 3.92. The minimum atomic E-state index is -0.936. The van der Waals surface area contributed by atoms with Crippen LogP contribution in [-0.4, -0.2) is 67.5 Å². The van der Waals surface area contributed by atoms with Crippen LogP contribution in [0.1, 0.15) is 24.0 Å². The molecule has 0 aliphatic rings. The summed E-state index contributed by atoms with van der Waals surface area (Å²) in [6.45, 7) is 3.17. The van der Waals surface area contributed by atoms with Crippen LogP contribution in [0.5, 0.6) is 17.2 Å². The second-order valence-corrected chi connectivity index (χ2v) is 8.58. The number of ether oxygens (including phenoxy) is 4. The summed E-state index contributed by atoms with van der Waals surface area (Å²) in [5.74, 6) is 0.722. The average Bonchev–Trinajstić information content (AvgIpc) is 2.92. The number of hydrogen-bond donors (Lipinski definition) is 2. The number of nitrogens with zero attached hydrogens (tertiary/aromatic N) is 2. The van der Waals surface area contributed by atoms with Crippen molar-refractivity contribution in [1.29, 1.82) is 0 Å². The van der Waals surface area contributed by atoms with Crippen molar-refractivity contribution in [3.05, 3.63) is 55.9 Å². The van der Waals surface area contributed by atoms with Gasteiger partial charge >= 0.3 is 5.97 Å². The molecule has 0 radical (unpaired) electrons. The molecule has 0 saturated heterocycles. The molecule has 0 saturated carbocycles. The molecule has 0 spiro atoms. The van der Waals surface area contributed by atoms with E-state index in [1.807, 2.05) is 26.0 Å². The maximum atomic E-state index is 12.9. The van der Waals surface area contributed by atoms with Crippen molar-refractivity contribution in [2.75, 3.05) is 40.6 Å². The van der Waals surface area contributed by atoms with Gasteiger partial charge in [0.2, 0.25) is 5.91 Å². The Bertz CT molecular complexity index is 1430. The number of amides is 1. The first kappa shape index (κ1) is 29.7. The van der Waals surface area contributed by atoms with E-state index in [0.717, 1.165) is 11.1 Å². The third-order valence-electron chi connectivity index (χ3n) is 5.70. The molecular formula is C26H30N4O10. The Morgan fingerprint density at radius 3 is 2.42 bits per heavy atom. The molecule has 1 amide bonds. The lowest BCUT2D eigenvalue weighted by molar-refractivity contribution is -0.757. The summed E-state index contributed by atoms with van der Waals surface area (Å²) in [7, 11) is 2.98. The van der Waals surface area contributed by atoms with Crippen molar-refractivity contribution in [2.24, 2.45) is 0 Å². The van der Waals surface area contributed by atoms with Gasteiger partial charge in [-0.1, -0.05) is 0 Å². The lowest BCUT2D eigenvalue weighted by atomic mass is 10.0. The van der Waals surface area contributed by atoms with E-state index in [2.05, 4.69) is 20.1 Å². The molecule has 0 bridgehead atoms. The molecule has 3 aromatic rings. The molecule has 2 N–H and O–H groups in total. The highest BCUT2D eigenvalue weighted by Crippen LogP contribution is 2.31. The highest BCUT2D eigenvalue weighted by Gasteiger charge is 2.15. The van der Waals surface area contributed by atoms with Crippen LogP contribution in [0.2, 0.25) is 0 Å². The molecule has 0 aliphatic carbocycles. The molecular weight excluding hydrogens is 528 g/mol. The van der Waals surface area contributed by atoms with Crippen molar-refractivity contribution >= 4 is 22.8 Å². The number of carbonyl (C=O) groups excluding carboxylic acids is 2. The molecule has 40 heavy (non-hydrogen) atoms. The summed E-state index contributed by atoms with van der Waals surface area (Å²) in [5.41, 5.74) is 2.31. The van der Waals surface area contributed by atoms with E-state index in [0.29, 0.717) is 39.5 Å². The second kappa shape index (κ2) is 13.8.